The molecule has 3 nitrogen and oxygen atoms in total. The molecule has 0 fully saturated rings. The van der Waals surface area contributed by atoms with Crippen LogP contribution in [0, 0.1) is 6.92 Å². The zero-order valence-electron chi connectivity index (χ0n) is 7.18. The molecule has 0 radical (unpaired) electrons. The molecule has 0 aliphatic rings. The van der Waals surface area contributed by atoms with Crippen LogP contribution in [0.25, 0.3) is 0 Å². The van der Waals surface area contributed by atoms with E-state index in [1.54, 1.807) is 18.4 Å². The summed E-state index contributed by atoms with van der Waals surface area (Å²) in [5, 5.41) is 2.00. The van der Waals surface area contributed by atoms with Crippen LogP contribution >= 0.6 is 11.3 Å². The molecule has 2 N–H and O–H groups in total. The lowest BCUT2D eigenvalue weighted by molar-refractivity contribution is -0.121. The Morgan fingerprint density at radius 2 is 2.42 bits per heavy atom. The molecule has 4 heteroatoms. The van der Waals surface area contributed by atoms with Crippen LogP contribution in [0.4, 0.5) is 0 Å². The van der Waals surface area contributed by atoms with Gasteiger partial charge in [-0.3, -0.25) is 10.2 Å². The average Bonchev–Trinajstić information content (AvgIpc) is 2.37. The first kappa shape index (κ1) is 9.22. The van der Waals surface area contributed by atoms with E-state index in [1.165, 1.54) is 5.56 Å². The van der Waals surface area contributed by atoms with Gasteiger partial charge in [0.05, 0.1) is 6.42 Å². The number of nitrogens with one attached hydrogen (secondary N) is 2. The summed E-state index contributed by atoms with van der Waals surface area (Å²) in [5.74, 6) is 0.00282. The van der Waals surface area contributed by atoms with Gasteiger partial charge in [-0.15, -0.1) is 11.3 Å². The Kier molecular flexibility index (Phi) is 3.25. The third kappa shape index (κ3) is 2.32. The summed E-state index contributed by atoms with van der Waals surface area (Å²) in [4.78, 5) is 12.2. The fourth-order valence-corrected chi connectivity index (χ4v) is 1.82. The van der Waals surface area contributed by atoms with Crippen LogP contribution in [0.5, 0.6) is 0 Å². The van der Waals surface area contributed by atoms with Gasteiger partial charge in [0.2, 0.25) is 5.91 Å². The normalized spacial score (nSPS) is 9.83. The highest BCUT2D eigenvalue weighted by Crippen LogP contribution is 2.15. The second kappa shape index (κ2) is 4.23. The van der Waals surface area contributed by atoms with Gasteiger partial charge in [-0.1, -0.05) is 0 Å². The Morgan fingerprint density at radius 3 is 2.92 bits per heavy atom. The number of carbonyl (C=O) groups excluding carboxylic acids is 1. The first-order chi connectivity index (χ1) is 5.74. The van der Waals surface area contributed by atoms with Crippen molar-refractivity contribution in [2.45, 2.75) is 13.3 Å². The maximum atomic E-state index is 11.1. The second-order valence-electron chi connectivity index (χ2n) is 2.50. The first-order valence-corrected chi connectivity index (χ1v) is 4.60. The van der Waals surface area contributed by atoms with Crippen molar-refractivity contribution in [1.29, 1.82) is 0 Å². The van der Waals surface area contributed by atoms with Gasteiger partial charge in [0.25, 0.3) is 0 Å². The number of aryl methyl sites for hydroxylation is 1. The molecule has 0 spiro atoms. The average molecular weight is 184 g/mol. The van der Waals surface area contributed by atoms with Crippen molar-refractivity contribution in [3.8, 4) is 0 Å². The number of thiophene rings is 1. The van der Waals surface area contributed by atoms with Gasteiger partial charge in [-0.05, 0) is 23.9 Å². The van der Waals surface area contributed by atoms with E-state index in [2.05, 4.69) is 10.9 Å². The molecule has 0 atom stereocenters. The summed E-state index contributed by atoms with van der Waals surface area (Å²) in [6, 6.07) is 2.02. The van der Waals surface area contributed by atoms with Crippen LogP contribution in [0.15, 0.2) is 11.4 Å². The second-order valence-corrected chi connectivity index (χ2v) is 3.50. The van der Waals surface area contributed by atoms with Gasteiger partial charge in [0.1, 0.15) is 0 Å². The highest BCUT2D eigenvalue weighted by molar-refractivity contribution is 7.10. The molecule has 1 heterocycles. The van der Waals surface area contributed by atoms with E-state index >= 15 is 0 Å². The van der Waals surface area contributed by atoms with Crippen molar-refractivity contribution in [2.75, 3.05) is 7.05 Å². The molecule has 66 valence electrons. The first-order valence-electron chi connectivity index (χ1n) is 3.72. The molecule has 0 aliphatic carbocycles. The molecule has 1 rings (SSSR count). The fourth-order valence-electron chi connectivity index (χ4n) is 0.915. The van der Waals surface area contributed by atoms with Crippen LogP contribution in [0.1, 0.15) is 10.4 Å². The Morgan fingerprint density at radius 1 is 1.67 bits per heavy atom. The molecule has 0 unspecified atom stereocenters. The summed E-state index contributed by atoms with van der Waals surface area (Å²) in [7, 11) is 1.68. The minimum atomic E-state index is 0.00282. The van der Waals surface area contributed by atoms with Crippen LogP contribution in [-0.2, 0) is 11.2 Å². The molecule has 1 aromatic rings. The summed E-state index contributed by atoms with van der Waals surface area (Å²) < 4.78 is 0. The molecule has 0 saturated heterocycles. The quantitative estimate of drug-likeness (QED) is 0.684. The van der Waals surface area contributed by atoms with Gasteiger partial charge < -0.3 is 0 Å². The number of amides is 1. The molecule has 0 aliphatic heterocycles. The monoisotopic (exact) mass is 184 g/mol. The summed E-state index contributed by atoms with van der Waals surface area (Å²) >= 11 is 1.62. The van der Waals surface area contributed by atoms with E-state index in [0.29, 0.717) is 6.42 Å². The lowest BCUT2D eigenvalue weighted by Gasteiger charge is -2.01. The summed E-state index contributed by atoms with van der Waals surface area (Å²) in [6.07, 6.45) is 0.463. The standard InChI is InChI=1S/C8H12N2OS/c1-6-3-4-12-7(6)5-8(11)10-9-2/h3-4,9H,5H2,1-2H3,(H,10,11). The maximum absolute atomic E-state index is 11.1. The molecule has 1 aromatic heterocycles. The van der Waals surface area contributed by atoms with Gasteiger partial charge in [0.15, 0.2) is 0 Å². The third-order valence-electron chi connectivity index (χ3n) is 1.55. The van der Waals surface area contributed by atoms with Crippen molar-refractivity contribution >= 4 is 17.2 Å². The van der Waals surface area contributed by atoms with E-state index in [0.717, 1.165) is 4.88 Å². The third-order valence-corrected chi connectivity index (χ3v) is 2.58. The highest BCUT2D eigenvalue weighted by atomic mass is 32.1. The minimum Gasteiger partial charge on any atom is -0.292 e. The van der Waals surface area contributed by atoms with Gasteiger partial charge in [-0.25, -0.2) is 5.43 Å². The minimum absolute atomic E-state index is 0.00282. The summed E-state index contributed by atoms with van der Waals surface area (Å²) in [5.41, 5.74) is 6.32. The van der Waals surface area contributed by atoms with Gasteiger partial charge >= 0.3 is 0 Å². The van der Waals surface area contributed by atoms with E-state index in [1.807, 2.05) is 18.4 Å². The Balaban J connectivity index is 2.52. The van der Waals surface area contributed by atoms with Crippen LogP contribution in [0.2, 0.25) is 0 Å². The zero-order valence-corrected chi connectivity index (χ0v) is 7.99. The SMILES string of the molecule is CNNC(=O)Cc1sccc1C. The Labute approximate surface area is 75.8 Å². The van der Waals surface area contributed by atoms with Gasteiger partial charge in [0, 0.05) is 11.9 Å². The molecule has 1 amide bonds. The molecule has 12 heavy (non-hydrogen) atoms. The van der Waals surface area contributed by atoms with E-state index in [4.69, 9.17) is 0 Å². The number of carbonyl (C=O) groups is 1. The molecule has 0 saturated carbocycles. The number of hydrogen-bond acceptors (Lipinski definition) is 3. The number of hydrogen-bond donors (Lipinski definition) is 2. The maximum Gasteiger partial charge on any atom is 0.239 e. The van der Waals surface area contributed by atoms with Gasteiger partial charge in [-0.2, -0.15) is 0 Å². The largest absolute Gasteiger partial charge is 0.292 e. The number of rotatable bonds is 3. The Bertz CT molecular complexity index is 270. The van der Waals surface area contributed by atoms with Crippen molar-refractivity contribution in [1.82, 2.24) is 10.9 Å². The predicted octanol–water partition coefficient (Wildman–Crippen LogP) is 0.850. The van der Waals surface area contributed by atoms with Crippen molar-refractivity contribution in [3.63, 3.8) is 0 Å². The molecule has 0 aromatic carbocycles. The summed E-state index contributed by atoms with van der Waals surface area (Å²) in [6.45, 7) is 2.01. The topological polar surface area (TPSA) is 41.1 Å². The lowest BCUT2D eigenvalue weighted by Crippen LogP contribution is -2.35. The van der Waals surface area contributed by atoms with Crippen LogP contribution < -0.4 is 10.9 Å². The zero-order chi connectivity index (χ0) is 8.97. The van der Waals surface area contributed by atoms with Crippen LogP contribution in [-0.4, -0.2) is 13.0 Å². The van der Waals surface area contributed by atoms with E-state index in [-0.39, 0.29) is 5.91 Å². The van der Waals surface area contributed by atoms with Crippen molar-refractivity contribution < 1.29 is 4.79 Å². The Hall–Kier alpha value is -0.870. The predicted molar refractivity (Wildman–Crippen MR) is 50.0 cm³/mol. The van der Waals surface area contributed by atoms with E-state index in [9.17, 15) is 4.79 Å². The lowest BCUT2D eigenvalue weighted by atomic mass is 10.2. The van der Waals surface area contributed by atoms with Crippen molar-refractivity contribution in [2.24, 2.45) is 0 Å². The molecule has 0 bridgehead atoms. The molecular formula is C8H12N2OS. The van der Waals surface area contributed by atoms with Crippen molar-refractivity contribution in [3.05, 3.63) is 21.9 Å². The molecular weight excluding hydrogens is 172 g/mol. The smallest absolute Gasteiger partial charge is 0.239 e. The van der Waals surface area contributed by atoms with Crippen LogP contribution in [0.3, 0.4) is 0 Å². The number of hydrazine groups is 1. The highest BCUT2D eigenvalue weighted by Gasteiger charge is 2.05. The van der Waals surface area contributed by atoms with E-state index < -0.39 is 0 Å². The fraction of sp³-hybridized carbons (Fsp3) is 0.375.